The van der Waals surface area contributed by atoms with Crippen molar-refractivity contribution >= 4 is 23.5 Å². The van der Waals surface area contributed by atoms with Crippen LogP contribution in [0.15, 0.2) is 36.4 Å². The number of rotatable bonds is 6. The Labute approximate surface area is 151 Å². The monoisotopic (exact) mass is 363 g/mol. The first-order chi connectivity index (χ1) is 12.3. The molecule has 3 atom stereocenters. The lowest BCUT2D eigenvalue weighted by molar-refractivity contribution is -0.178. The summed E-state index contributed by atoms with van der Waals surface area (Å²) in [4.78, 5) is 33.3. The van der Waals surface area contributed by atoms with E-state index in [2.05, 4.69) is 5.32 Å². The fraction of sp³-hybridized carbons (Fsp3) is 0.389. The van der Waals surface area contributed by atoms with Crippen LogP contribution >= 0.6 is 0 Å². The minimum Gasteiger partial charge on any atom is -0.463 e. The van der Waals surface area contributed by atoms with Gasteiger partial charge in [-0.3, -0.25) is 14.4 Å². The molecule has 8 heteroatoms. The van der Waals surface area contributed by atoms with Gasteiger partial charge in [0.05, 0.1) is 0 Å². The van der Waals surface area contributed by atoms with Crippen molar-refractivity contribution in [2.45, 2.75) is 39.3 Å². The number of carbonyl (C=O) groups is 3. The number of benzene rings is 1. The summed E-state index contributed by atoms with van der Waals surface area (Å²) in [6, 6.07) is 6.76. The second-order valence-electron chi connectivity index (χ2n) is 5.63. The molecule has 8 nitrogen and oxygen atoms in total. The summed E-state index contributed by atoms with van der Waals surface area (Å²) in [6.45, 7) is 3.92. The molecule has 0 saturated carbocycles. The van der Waals surface area contributed by atoms with Gasteiger partial charge in [-0.05, 0) is 36.4 Å². The molecule has 0 bridgehead atoms. The van der Waals surface area contributed by atoms with Gasteiger partial charge in [0, 0.05) is 26.5 Å². The van der Waals surface area contributed by atoms with Crippen LogP contribution < -0.4 is 10.1 Å². The Balaban J connectivity index is 2.01. The highest BCUT2D eigenvalue weighted by Gasteiger charge is 2.31. The SMILES string of the molecule is CC(=O)Nc1ccc(O[C@@H]2C=C[C@H](OC(C)=O)[C@@H](COC(C)=O)O2)cc1. The molecule has 0 aliphatic carbocycles. The van der Waals surface area contributed by atoms with E-state index in [1.807, 2.05) is 0 Å². The Morgan fingerprint density at radius 1 is 1.04 bits per heavy atom. The maximum atomic E-state index is 11.2. The van der Waals surface area contributed by atoms with Crippen molar-refractivity contribution in [2.24, 2.45) is 0 Å². The van der Waals surface area contributed by atoms with Crippen LogP contribution in [0.2, 0.25) is 0 Å². The van der Waals surface area contributed by atoms with Gasteiger partial charge in [-0.1, -0.05) is 0 Å². The lowest BCUT2D eigenvalue weighted by atomic mass is 10.1. The number of nitrogens with one attached hydrogen (secondary N) is 1. The summed E-state index contributed by atoms with van der Waals surface area (Å²) in [6.07, 6.45) is 1.15. The normalized spacial score (nSPS) is 21.6. The Morgan fingerprint density at radius 3 is 2.31 bits per heavy atom. The zero-order valence-corrected chi connectivity index (χ0v) is 14.8. The molecule has 1 amide bonds. The smallest absolute Gasteiger partial charge is 0.303 e. The van der Waals surface area contributed by atoms with E-state index in [9.17, 15) is 14.4 Å². The van der Waals surface area contributed by atoms with E-state index in [1.54, 1.807) is 36.4 Å². The summed E-state index contributed by atoms with van der Waals surface area (Å²) in [5.41, 5.74) is 0.646. The Kier molecular flexibility index (Phi) is 6.74. The number of anilines is 1. The van der Waals surface area contributed by atoms with E-state index in [0.717, 1.165) is 0 Å². The van der Waals surface area contributed by atoms with Gasteiger partial charge < -0.3 is 24.3 Å². The molecule has 0 fully saturated rings. The third-order valence-electron chi connectivity index (χ3n) is 3.31. The molecule has 0 radical (unpaired) electrons. The summed E-state index contributed by atoms with van der Waals surface area (Å²) >= 11 is 0. The lowest BCUT2D eigenvalue weighted by Crippen LogP contribution is -2.42. The van der Waals surface area contributed by atoms with Crippen LogP contribution in [0.25, 0.3) is 0 Å². The summed E-state index contributed by atoms with van der Waals surface area (Å²) in [5.74, 6) is -0.576. The Morgan fingerprint density at radius 2 is 1.73 bits per heavy atom. The fourth-order valence-corrected chi connectivity index (χ4v) is 2.28. The molecule has 1 aliphatic rings. The molecule has 1 heterocycles. The van der Waals surface area contributed by atoms with E-state index in [4.69, 9.17) is 18.9 Å². The number of hydrogen-bond acceptors (Lipinski definition) is 7. The Hall–Kier alpha value is -2.87. The zero-order chi connectivity index (χ0) is 19.1. The van der Waals surface area contributed by atoms with Crippen LogP contribution in [0.3, 0.4) is 0 Å². The average Bonchev–Trinajstić information content (AvgIpc) is 2.55. The van der Waals surface area contributed by atoms with Crippen molar-refractivity contribution in [1.82, 2.24) is 0 Å². The van der Waals surface area contributed by atoms with Gasteiger partial charge in [0.15, 0.2) is 0 Å². The minimum absolute atomic E-state index is 0.0705. The van der Waals surface area contributed by atoms with Crippen molar-refractivity contribution in [1.29, 1.82) is 0 Å². The molecule has 0 spiro atoms. The molecular weight excluding hydrogens is 342 g/mol. The highest BCUT2D eigenvalue weighted by atomic mass is 16.7. The highest BCUT2D eigenvalue weighted by molar-refractivity contribution is 5.88. The van der Waals surface area contributed by atoms with Crippen molar-refractivity contribution in [3.05, 3.63) is 36.4 Å². The van der Waals surface area contributed by atoms with Crippen molar-refractivity contribution in [3.63, 3.8) is 0 Å². The average molecular weight is 363 g/mol. The van der Waals surface area contributed by atoms with Gasteiger partial charge >= 0.3 is 11.9 Å². The maximum absolute atomic E-state index is 11.2. The van der Waals surface area contributed by atoms with Gasteiger partial charge in [-0.15, -0.1) is 0 Å². The molecular formula is C18H21NO7. The molecule has 0 unspecified atom stereocenters. The largest absolute Gasteiger partial charge is 0.463 e. The molecule has 140 valence electrons. The number of amides is 1. The predicted molar refractivity (Wildman–Crippen MR) is 91.4 cm³/mol. The molecule has 1 N–H and O–H groups in total. The molecule has 1 aromatic rings. The molecule has 2 rings (SSSR count). The summed E-state index contributed by atoms with van der Waals surface area (Å²) in [5, 5.41) is 2.66. The second-order valence-corrected chi connectivity index (χ2v) is 5.63. The number of ether oxygens (including phenoxy) is 4. The molecule has 0 aromatic heterocycles. The van der Waals surface area contributed by atoms with E-state index < -0.39 is 30.4 Å². The van der Waals surface area contributed by atoms with Crippen molar-refractivity contribution in [3.8, 4) is 5.75 Å². The van der Waals surface area contributed by atoms with Crippen molar-refractivity contribution in [2.75, 3.05) is 11.9 Å². The fourth-order valence-electron chi connectivity index (χ4n) is 2.28. The number of hydrogen-bond donors (Lipinski definition) is 1. The second kappa shape index (κ2) is 9.00. The van der Waals surface area contributed by atoms with E-state index >= 15 is 0 Å². The lowest BCUT2D eigenvalue weighted by Gasteiger charge is -2.31. The summed E-state index contributed by atoms with van der Waals surface area (Å²) in [7, 11) is 0. The van der Waals surface area contributed by atoms with E-state index in [1.165, 1.54) is 20.8 Å². The van der Waals surface area contributed by atoms with Crippen LogP contribution in [0.1, 0.15) is 20.8 Å². The number of carbonyl (C=O) groups excluding carboxylic acids is 3. The van der Waals surface area contributed by atoms with Crippen LogP contribution in [-0.2, 0) is 28.6 Å². The molecule has 1 aromatic carbocycles. The predicted octanol–water partition coefficient (Wildman–Crippen LogP) is 1.80. The standard InChI is InChI=1S/C18H21NO7/c1-11(20)19-14-4-6-15(7-5-14)25-18-9-8-16(24-13(3)22)17(26-18)10-23-12(2)21/h4-9,16-18H,10H2,1-3H3,(H,19,20)/t16-,17+,18-/m0/s1. The van der Waals surface area contributed by atoms with Gasteiger partial charge in [-0.2, -0.15) is 0 Å². The minimum atomic E-state index is -0.742. The van der Waals surface area contributed by atoms with Gasteiger partial charge in [0.1, 0.15) is 24.6 Å². The first kappa shape index (κ1) is 19.5. The van der Waals surface area contributed by atoms with E-state index in [-0.39, 0.29) is 12.5 Å². The topological polar surface area (TPSA) is 100 Å². The molecule has 26 heavy (non-hydrogen) atoms. The van der Waals surface area contributed by atoms with Gasteiger partial charge in [-0.25, -0.2) is 0 Å². The number of esters is 2. The molecule has 0 saturated heterocycles. The first-order valence-electron chi connectivity index (χ1n) is 8.02. The summed E-state index contributed by atoms with van der Waals surface area (Å²) < 4.78 is 21.5. The van der Waals surface area contributed by atoms with E-state index in [0.29, 0.717) is 11.4 Å². The zero-order valence-electron chi connectivity index (χ0n) is 14.8. The van der Waals surface area contributed by atoms with Crippen LogP contribution in [0, 0.1) is 0 Å². The maximum Gasteiger partial charge on any atom is 0.303 e. The molecule has 1 aliphatic heterocycles. The van der Waals surface area contributed by atoms with Gasteiger partial charge in [0.25, 0.3) is 0 Å². The Bertz CT molecular complexity index is 683. The third kappa shape index (κ3) is 6.21. The first-order valence-corrected chi connectivity index (χ1v) is 8.02. The van der Waals surface area contributed by atoms with Crippen LogP contribution in [0.4, 0.5) is 5.69 Å². The van der Waals surface area contributed by atoms with Crippen LogP contribution in [-0.4, -0.2) is 43.0 Å². The van der Waals surface area contributed by atoms with Crippen molar-refractivity contribution < 1.29 is 33.3 Å². The van der Waals surface area contributed by atoms with Crippen LogP contribution in [0.5, 0.6) is 5.75 Å². The quantitative estimate of drug-likeness (QED) is 0.607. The van der Waals surface area contributed by atoms with Gasteiger partial charge in [0.2, 0.25) is 12.2 Å². The highest BCUT2D eigenvalue weighted by Crippen LogP contribution is 2.22. The third-order valence-corrected chi connectivity index (χ3v) is 3.31.